The Bertz CT molecular complexity index is 461. The van der Waals surface area contributed by atoms with E-state index in [2.05, 4.69) is 0 Å². The van der Waals surface area contributed by atoms with Gasteiger partial charge in [-0.3, -0.25) is 0 Å². The van der Waals surface area contributed by atoms with Crippen LogP contribution in [0.5, 0.6) is 11.5 Å². The van der Waals surface area contributed by atoms with Gasteiger partial charge in [-0.25, -0.2) is 0 Å². The van der Waals surface area contributed by atoms with E-state index in [0.29, 0.717) is 11.5 Å². The molecule has 0 fully saturated rings. The molecule has 0 bridgehead atoms. The van der Waals surface area contributed by atoms with Gasteiger partial charge in [-0.2, -0.15) is 10.5 Å². The van der Waals surface area contributed by atoms with Gasteiger partial charge in [-0.1, -0.05) is 0 Å². The lowest BCUT2D eigenvalue weighted by atomic mass is 10.1. The van der Waals surface area contributed by atoms with E-state index in [-0.39, 0.29) is 23.3 Å². The fraction of sp³-hybridized carbons (Fsp3) is 0.429. The molecule has 1 rings (SSSR count). The van der Waals surface area contributed by atoms with E-state index >= 15 is 0 Å². The van der Waals surface area contributed by atoms with Gasteiger partial charge in [0.2, 0.25) is 0 Å². The summed E-state index contributed by atoms with van der Waals surface area (Å²) in [4.78, 5) is 0. The summed E-state index contributed by atoms with van der Waals surface area (Å²) in [5.41, 5.74) is 0.453. The Morgan fingerprint density at radius 3 is 1.39 bits per heavy atom. The molecule has 0 spiro atoms. The molecule has 0 aliphatic rings. The van der Waals surface area contributed by atoms with Gasteiger partial charge in [-0.15, -0.1) is 0 Å². The molecular formula is C14H16N2O2. The standard InChI is InChI=1S/C14H16N2O2/c1-9(2)17-13-5-6-14(18-10(3)4)12(8-16)11(13)7-15/h5-6,9-10H,1-4H3. The fourth-order valence-corrected chi connectivity index (χ4v) is 1.49. The van der Waals surface area contributed by atoms with Crippen LogP contribution in [0.2, 0.25) is 0 Å². The van der Waals surface area contributed by atoms with Gasteiger partial charge >= 0.3 is 0 Å². The minimum Gasteiger partial charge on any atom is -0.490 e. The number of hydrogen-bond acceptors (Lipinski definition) is 4. The normalized spacial score (nSPS) is 10.0. The molecule has 0 aromatic heterocycles. The highest BCUT2D eigenvalue weighted by atomic mass is 16.5. The number of rotatable bonds is 4. The summed E-state index contributed by atoms with van der Waals surface area (Å²) < 4.78 is 11.0. The van der Waals surface area contributed by atoms with Crippen molar-refractivity contribution in [2.75, 3.05) is 0 Å². The third kappa shape index (κ3) is 3.15. The molecule has 0 N–H and O–H groups in total. The molecule has 0 amide bonds. The first-order valence-electron chi connectivity index (χ1n) is 5.80. The molecule has 4 heteroatoms. The minimum absolute atomic E-state index is 0.0551. The molecule has 0 saturated carbocycles. The van der Waals surface area contributed by atoms with Crippen molar-refractivity contribution in [1.29, 1.82) is 10.5 Å². The SMILES string of the molecule is CC(C)Oc1ccc(OC(C)C)c(C#N)c1C#N. The van der Waals surface area contributed by atoms with E-state index < -0.39 is 0 Å². The molecule has 1 aromatic rings. The second kappa shape index (κ2) is 5.93. The van der Waals surface area contributed by atoms with Crippen LogP contribution < -0.4 is 9.47 Å². The summed E-state index contributed by atoms with van der Waals surface area (Å²) in [5.74, 6) is 0.834. The summed E-state index contributed by atoms with van der Waals surface area (Å²) in [6.45, 7) is 7.47. The maximum Gasteiger partial charge on any atom is 0.139 e. The van der Waals surface area contributed by atoms with Crippen LogP contribution in [0.1, 0.15) is 38.8 Å². The highest BCUT2D eigenvalue weighted by molar-refractivity contribution is 5.60. The van der Waals surface area contributed by atoms with Crippen LogP contribution in [0.25, 0.3) is 0 Å². The minimum atomic E-state index is -0.0551. The van der Waals surface area contributed by atoms with E-state index in [0.717, 1.165) is 0 Å². The Morgan fingerprint density at radius 1 is 0.833 bits per heavy atom. The van der Waals surface area contributed by atoms with Crippen LogP contribution in [0, 0.1) is 22.7 Å². The highest BCUT2D eigenvalue weighted by Gasteiger charge is 2.16. The summed E-state index contributed by atoms with van der Waals surface area (Å²) in [6.07, 6.45) is -0.110. The van der Waals surface area contributed by atoms with E-state index in [1.54, 1.807) is 12.1 Å². The fourth-order valence-electron chi connectivity index (χ4n) is 1.49. The maximum atomic E-state index is 9.17. The van der Waals surface area contributed by atoms with Crippen molar-refractivity contribution in [3.05, 3.63) is 23.3 Å². The van der Waals surface area contributed by atoms with Crippen LogP contribution in [-0.4, -0.2) is 12.2 Å². The largest absolute Gasteiger partial charge is 0.490 e. The smallest absolute Gasteiger partial charge is 0.139 e. The summed E-state index contributed by atoms with van der Waals surface area (Å²) in [6, 6.07) is 7.34. The average molecular weight is 244 g/mol. The van der Waals surface area contributed by atoms with Gasteiger partial charge in [0.25, 0.3) is 0 Å². The van der Waals surface area contributed by atoms with Gasteiger partial charge < -0.3 is 9.47 Å². The molecule has 1 aromatic carbocycles. The first-order chi connectivity index (χ1) is 8.49. The van der Waals surface area contributed by atoms with Crippen molar-refractivity contribution in [1.82, 2.24) is 0 Å². The maximum absolute atomic E-state index is 9.17. The quantitative estimate of drug-likeness (QED) is 0.816. The number of nitriles is 2. The van der Waals surface area contributed by atoms with Crippen LogP contribution in [0.15, 0.2) is 12.1 Å². The number of hydrogen-bond donors (Lipinski definition) is 0. The van der Waals surface area contributed by atoms with Crippen molar-refractivity contribution in [2.24, 2.45) is 0 Å². The van der Waals surface area contributed by atoms with Gasteiger partial charge in [0, 0.05) is 0 Å². The van der Waals surface area contributed by atoms with Crippen LogP contribution in [0.4, 0.5) is 0 Å². The zero-order valence-electron chi connectivity index (χ0n) is 11.0. The predicted octanol–water partition coefficient (Wildman–Crippen LogP) is 3.00. The van der Waals surface area contributed by atoms with Crippen molar-refractivity contribution < 1.29 is 9.47 Å². The topological polar surface area (TPSA) is 66.0 Å². The van der Waals surface area contributed by atoms with Gasteiger partial charge in [0.1, 0.15) is 34.8 Å². The molecular weight excluding hydrogens is 228 g/mol. The van der Waals surface area contributed by atoms with Gasteiger partial charge in [-0.05, 0) is 39.8 Å². The first-order valence-corrected chi connectivity index (χ1v) is 5.80. The first kappa shape index (κ1) is 13.9. The molecule has 0 heterocycles. The second-order valence-electron chi connectivity index (χ2n) is 4.37. The molecule has 18 heavy (non-hydrogen) atoms. The Kier molecular flexibility index (Phi) is 4.57. The monoisotopic (exact) mass is 244 g/mol. The zero-order chi connectivity index (χ0) is 13.7. The lowest BCUT2D eigenvalue weighted by Crippen LogP contribution is -2.10. The number of ether oxygens (including phenoxy) is 2. The van der Waals surface area contributed by atoms with Crippen molar-refractivity contribution >= 4 is 0 Å². The number of nitrogens with zero attached hydrogens (tertiary/aromatic N) is 2. The highest BCUT2D eigenvalue weighted by Crippen LogP contribution is 2.30. The molecule has 0 atom stereocenters. The van der Waals surface area contributed by atoms with Crippen LogP contribution >= 0.6 is 0 Å². The Morgan fingerprint density at radius 2 is 1.17 bits per heavy atom. The van der Waals surface area contributed by atoms with Crippen molar-refractivity contribution in [3.8, 4) is 23.6 Å². The molecule has 0 unspecified atom stereocenters. The molecule has 4 nitrogen and oxygen atoms in total. The van der Waals surface area contributed by atoms with Crippen LogP contribution in [0.3, 0.4) is 0 Å². The van der Waals surface area contributed by atoms with Gasteiger partial charge in [0.05, 0.1) is 12.2 Å². The zero-order valence-corrected chi connectivity index (χ0v) is 11.0. The molecule has 0 saturated heterocycles. The van der Waals surface area contributed by atoms with E-state index in [9.17, 15) is 0 Å². The van der Waals surface area contributed by atoms with E-state index in [1.807, 2.05) is 39.8 Å². The van der Waals surface area contributed by atoms with Crippen molar-refractivity contribution in [3.63, 3.8) is 0 Å². The molecule has 0 aliphatic carbocycles. The lowest BCUT2D eigenvalue weighted by Gasteiger charge is -2.15. The Hall–Kier alpha value is -2.20. The average Bonchev–Trinajstić information content (AvgIpc) is 2.29. The molecule has 94 valence electrons. The van der Waals surface area contributed by atoms with Crippen molar-refractivity contribution in [2.45, 2.75) is 39.9 Å². The van der Waals surface area contributed by atoms with Crippen LogP contribution in [-0.2, 0) is 0 Å². The Balaban J connectivity index is 3.29. The second-order valence-corrected chi connectivity index (χ2v) is 4.37. The predicted molar refractivity (Wildman–Crippen MR) is 67.4 cm³/mol. The van der Waals surface area contributed by atoms with E-state index in [1.165, 1.54) is 0 Å². The molecule has 0 radical (unpaired) electrons. The molecule has 0 aliphatic heterocycles. The third-order valence-corrected chi connectivity index (χ3v) is 2.08. The summed E-state index contributed by atoms with van der Waals surface area (Å²) in [5, 5.41) is 18.3. The lowest BCUT2D eigenvalue weighted by molar-refractivity contribution is 0.233. The summed E-state index contributed by atoms with van der Waals surface area (Å²) >= 11 is 0. The van der Waals surface area contributed by atoms with Gasteiger partial charge in [0.15, 0.2) is 0 Å². The Labute approximate surface area is 107 Å². The summed E-state index contributed by atoms with van der Waals surface area (Å²) in [7, 11) is 0. The van der Waals surface area contributed by atoms with E-state index in [4.69, 9.17) is 20.0 Å². The number of benzene rings is 1. The third-order valence-electron chi connectivity index (χ3n) is 2.08.